The van der Waals surface area contributed by atoms with Crippen LogP contribution in [-0.2, 0) is 19.3 Å². The molecular formula is C9H11ClF3NO. The molecule has 2 nitrogen and oxygen atoms in total. The van der Waals surface area contributed by atoms with Crippen LogP contribution in [0.5, 0.6) is 0 Å². The number of hydrogen-bond acceptors (Lipinski definition) is 2. The van der Waals surface area contributed by atoms with E-state index in [0.29, 0.717) is 5.56 Å². The molecule has 1 rings (SSSR count). The summed E-state index contributed by atoms with van der Waals surface area (Å²) in [5, 5.41) is 8.82. The Morgan fingerprint density at radius 3 is 2.20 bits per heavy atom. The zero-order valence-corrected chi connectivity index (χ0v) is 8.53. The van der Waals surface area contributed by atoms with Crippen molar-refractivity contribution in [2.24, 2.45) is 5.73 Å². The average molecular weight is 242 g/mol. The molecule has 0 radical (unpaired) electrons. The minimum atomic E-state index is -4.38. The van der Waals surface area contributed by atoms with Crippen molar-refractivity contribution in [3.63, 3.8) is 0 Å². The number of benzene rings is 1. The standard InChI is InChI=1S/C9H10F3NO.ClH/c10-9(11,12)8-2-1-6(4-13)7(3-8)5-14;/h1-3,14H,4-5,13H2;1H. The molecule has 0 amide bonds. The van der Waals surface area contributed by atoms with Crippen molar-refractivity contribution in [2.75, 3.05) is 0 Å². The number of nitrogens with two attached hydrogens (primary N) is 1. The van der Waals surface area contributed by atoms with Gasteiger partial charge in [-0.2, -0.15) is 13.2 Å². The smallest absolute Gasteiger partial charge is 0.392 e. The lowest BCUT2D eigenvalue weighted by Crippen LogP contribution is -2.08. The van der Waals surface area contributed by atoms with E-state index in [2.05, 4.69) is 0 Å². The fraction of sp³-hybridized carbons (Fsp3) is 0.333. The summed E-state index contributed by atoms with van der Waals surface area (Å²) in [5.74, 6) is 0. The fourth-order valence-corrected chi connectivity index (χ4v) is 1.15. The van der Waals surface area contributed by atoms with Crippen LogP contribution in [0.25, 0.3) is 0 Å². The molecule has 0 aliphatic rings. The molecule has 0 atom stereocenters. The summed E-state index contributed by atoms with van der Waals surface area (Å²) in [6, 6.07) is 3.16. The lowest BCUT2D eigenvalue weighted by molar-refractivity contribution is -0.137. The molecular weight excluding hydrogens is 231 g/mol. The van der Waals surface area contributed by atoms with Gasteiger partial charge in [-0.1, -0.05) is 6.07 Å². The van der Waals surface area contributed by atoms with E-state index in [1.165, 1.54) is 6.07 Å². The summed E-state index contributed by atoms with van der Waals surface area (Å²) in [6.45, 7) is -0.315. The minimum absolute atomic E-state index is 0. The minimum Gasteiger partial charge on any atom is -0.392 e. The second-order valence-corrected chi connectivity index (χ2v) is 2.84. The van der Waals surface area contributed by atoms with Crippen molar-refractivity contribution in [2.45, 2.75) is 19.3 Å². The summed E-state index contributed by atoms with van der Waals surface area (Å²) in [5.41, 5.74) is 5.28. The summed E-state index contributed by atoms with van der Waals surface area (Å²) in [4.78, 5) is 0. The van der Waals surface area contributed by atoms with Crippen LogP contribution in [0.4, 0.5) is 13.2 Å². The molecule has 15 heavy (non-hydrogen) atoms. The molecule has 0 saturated carbocycles. The van der Waals surface area contributed by atoms with Gasteiger partial charge in [0.25, 0.3) is 0 Å². The van der Waals surface area contributed by atoms with Crippen LogP contribution < -0.4 is 5.73 Å². The number of aliphatic hydroxyl groups is 1. The van der Waals surface area contributed by atoms with Gasteiger partial charge in [0, 0.05) is 6.54 Å². The molecule has 0 saturated heterocycles. The molecule has 6 heteroatoms. The third-order valence-electron chi connectivity index (χ3n) is 1.92. The van der Waals surface area contributed by atoms with Gasteiger partial charge in [-0.3, -0.25) is 0 Å². The number of rotatable bonds is 2. The highest BCUT2D eigenvalue weighted by molar-refractivity contribution is 5.85. The van der Waals surface area contributed by atoms with Gasteiger partial charge >= 0.3 is 6.18 Å². The molecule has 0 fully saturated rings. The number of aliphatic hydroxyl groups excluding tert-OH is 1. The fourth-order valence-electron chi connectivity index (χ4n) is 1.15. The van der Waals surface area contributed by atoms with E-state index in [1.807, 2.05) is 0 Å². The second kappa shape index (κ2) is 5.34. The normalized spacial score (nSPS) is 11.0. The Morgan fingerprint density at radius 1 is 1.20 bits per heavy atom. The zero-order valence-electron chi connectivity index (χ0n) is 7.71. The lowest BCUT2D eigenvalue weighted by Gasteiger charge is -2.10. The molecule has 0 unspecified atom stereocenters. The Balaban J connectivity index is 0.00000196. The monoisotopic (exact) mass is 241 g/mol. The highest BCUT2D eigenvalue weighted by atomic mass is 35.5. The Hall–Kier alpha value is -0.780. The van der Waals surface area contributed by atoms with Gasteiger partial charge in [0.05, 0.1) is 12.2 Å². The van der Waals surface area contributed by atoms with Crippen LogP contribution in [0.1, 0.15) is 16.7 Å². The first-order chi connectivity index (χ1) is 6.49. The van der Waals surface area contributed by atoms with Crippen LogP contribution >= 0.6 is 12.4 Å². The van der Waals surface area contributed by atoms with Crippen molar-refractivity contribution in [3.8, 4) is 0 Å². The first-order valence-electron chi connectivity index (χ1n) is 3.99. The number of halogens is 4. The summed E-state index contributed by atoms with van der Waals surface area (Å²) in [6.07, 6.45) is -4.38. The molecule has 0 heterocycles. The molecule has 0 aliphatic heterocycles. The SMILES string of the molecule is Cl.NCc1ccc(C(F)(F)F)cc1CO. The molecule has 1 aromatic carbocycles. The van der Waals surface area contributed by atoms with Gasteiger partial charge in [-0.05, 0) is 23.3 Å². The number of hydrogen-bond donors (Lipinski definition) is 2. The topological polar surface area (TPSA) is 46.2 Å². The molecule has 0 spiro atoms. The molecule has 0 bridgehead atoms. The van der Waals surface area contributed by atoms with Crippen LogP contribution in [0, 0.1) is 0 Å². The molecule has 1 aromatic rings. The van der Waals surface area contributed by atoms with Crippen molar-refractivity contribution in [3.05, 3.63) is 34.9 Å². The maximum absolute atomic E-state index is 12.2. The van der Waals surface area contributed by atoms with Gasteiger partial charge in [-0.15, -0.1) is 12.4 Å². The number of alkyl halides is 3. The van der Waals surface area contributed by atoms with Gasteiger partial charge in [0.1, 0.15) is 0 Å². The van der Waals surface area contributed by atoms with Gasteiger partial charge in [0.15, 0.2) is 0 Å². The lowest BCUT2D eigenvalue weighted by atomic mass is 10.0. The van der Waals surface area contributed by atoms with Crippen LogP contribution in [0.15, 0.2) is 18.2 Å². The van der Waals surface area contributed by atoms with Crippen LogP contribution in [0.2, 0.25) is 0 Å². The Bertz CT molecular complexity index is 328. The maximum Gasteiger partial charge on any atom is 0.416 e. The first kappa shape index (κ1) is 14.2. The van der Waals surface area contributed by atoms with E-state index >= 15 is 0 Å². The summed E-state index contributed by atoms with van der Waals surface area (Å²) < 4.78 is 36.7. The van der Waals surface area contributed by atoms with E-state index in [1.54, 1.807) is 0 Å². The molecule has 3 N–H and O–H groups in total. The highest BCUT2D eigenvalue weighted by Crippen LogP contribution is 2.30. The van der Waals surface area contributed by atoms with Crippen LogP contribution in [0.3, 0.4) is 0 Å². The summed E-state index contributed by atoms with van der Waals surface area (Å²) in [7, 11) is 0. The average Bonchev–Trinajstić information content (AvgIpc) is 2.15. The Kier molecular flexibility index (Phi) is 5.07. The van der Waals surface area contributed by atoms with E-state index < -0.39 is 18.3 Å². The van der Waals surface area contributed by atoms with E-state index in [4.69, 9.17) is 10.8 Å². The summed E-state index contributed by atoms with van der Waals surface area (Å²) >= 11 is 0. The van der Waals surface area contributed by atoms with Crippen molar-refractivity contribution in [1.29, 1.82) is 0 Å². The van der Waals surface area contributed by atoms with Crippen LogP contribution in [-0.4, -0.2) is 5.11 Å². The molecule has 0 aliphatic carbocycles. The third kappa shape index (κ3) is 3.37. The highest BCUT2D eigenvalue weighted by Gasteiger charge is 2.30. The predicted molar refractivity (Wildman–Crippen MR) is 52.5 cm³/mol. The molecule has 86 valence electrons. The Morgan fingerprint density at radius 2 is 1.80 bits per heavy atom. The van der Waals surface area contributed by atoms with Gasteiger partial charge in [-0.25, -0.2) is 0 Å². The first-order valence-corrected chi connectivity index (χ1v) is 3.99. The van der Waals surface area contributed by atoms with Crippen molar-refractivity contribution < 1.29 is 18.3 Å². The second-order valence-electron chi connectivity index (χ2n) is 2.84. The largest absolute Gasteiger partial charge is 0.416 e. The van der Waals surface area contributed by atoms with E-state index in [-0.39, 0.29) is 24.5 Å². The van der Waals surface area contributed by atoms with E-state index in [0.717, 1.165) is 12.1 Å². The van der Waals surface area contributed by atoms with Gasteiger partial charge in [0.2, 0.25) is 0 Å². The predicted octanol–water partition coefficient (Wildman–Crippen LogP) is 2.08. The van der Waals surface area contributed by atoms with Crippen molar-refractivity contribution in [1.82, 2.24) is 0 Å². The van der Waals surface area contributed by atoms with Crippen molar-refractivity contribution >= 4 is 12.4 Å². The molecule has 0 aromatic heterocycles. The maximum atomic E-state index is 12.2. The third-order valence-corrected chi connectivity index (χ3v) is 1.92. The quantitative estimate of drug-likeness (QED) is 0.833. The zero-order chi connectivity index (χ0) is 10.8. The Labute approximate surface area is 91.3 Å². The van der Waals surface area contributed by atoms with E-state index in [9.17, 15) is 13.2 Å². The van der Waals surface area contributed by atoms with Gasteiger partial charge < -0.3 is 10.8 Å².